The molecule has 0 spiro atoms. The molecule has 112 valence electrons. The van der Waals surface area contributed by atoms with Crippen molar-refractivity contribution in [3.63, 3.8) is 0 Å². The molecule has 1 aliphatic heterocycles. The van der Waals surface area contributed by atoms with Gasteiger partial charge in [-0.25, -0.2) is 4.98 Å². The molecule has 1 aromatic carbocycles. The number of carbonyl (C=O) groups excluding carboxylic acids is 2. The Morgan fingerprint density at radius 2 is 2.05 bits per heavy atom. The van der Waals surface area contributed by atoms with Crippen LogP contribution in [0.5, 0.6) is 0 Å². The number of fused-ring (bicyclic) bond motifs is 2. The van der Waals surface area contributed by atoms with Crippen molar-refractivity contribution in [3.05, 3.63) is 48.2 Å². The zero-order valence-corrected chi connectivity index (χ0v) is 12.5. The number of anilines is 3. The molecule has 1 N–H and O–H groups in total. The number of nitrogens with zero attached hydrogens (tertiary/aromatic N) is 2. The van der Waals surface area contributed by atoms with Crippen molar-refractivity contribution in [2.45, 2.75) is 12.8 Å². The maximum absolute atomic E-state index is 12.6. The van der Waals surface area contributed by atoms with Crippen LogP contribution in [0.4, 0.5) is 17.2 Å². The highest BCUT2D eigenvalue weighted by molar-refractivity contribution is 6.18. The molecule has 2 amide bonds. The number of pyridine rings is 1. The summed E-state index contributed by atoms with van der Waals surface area (Å²) in [4.78, 5) is 30.8. The number of hydrogen-bond donors (Lipinski definition) is 1. The summed E-state index contributed by atoms with van der Waals surface area (Å²) in [6, 6.07) is 10.4. The van der Waals surface area contributed by atoms with E-state index in [1.165, 1.54) is 4.90 Å². The van der Waals surface area contributed by atoms with E-state index in [1.807, 2.05) is 0 Å². The van der Waals surface area contributed by atoms with Crippen LogP contribution in [-0.4, -0.2) is 22.7 Å². The van der Waals surface area contributed by atoms with Crippen LogP contribution >= 0.6 is 11.6 Å². The van der Waals surface area contributed by atoms with Gasteiger partial charge in [0.2, 0.25) is 5.91 Å². The summed E-state index contributed by atoms with van der Waals surface area (Å²) in [7, 11) is 0. The van der Waals surface area contributed by atoms with Gasteiger partial charge in [0.1, 0.15) is 0 Å². The fraction of sp³-hybridized carbons (Fsp3) is 0.188. The molecule has 2 aromatic rings. The maximum atomic E-state index is 12.6. The molecule has 3 rings (SSSR count). The molecule has 2 heterocycles. The Hall–Kier alpha value is -2.40. The van der Waals surface area contributed by atoms with Crippen molar-refractivity contribution in [1.29, 1.82) is 0 Å². The summed E-state index contributed by atoms with van der Waals surface area (Å²) in [5.74, 6) is 0.454. The quantitative estimate of drug-likeness (QED) is 0.884. The number of rotatable bonds is 3. The minimum atomic E-state index is -0.252. The Bertz CT molecular complexity index is 733. The maximum Gasteiger partial charge on any atom is 0.257 e. The molecule has 0 unspecified atom stereocenters. The monoisotopic (exact) mass is 315 g/mol. The first-order valence-corrected chi connectivity index (χ1v) is 7.50. The van der Waals surface area contributed by atoms with E-state index in [1.54, 1.807) is 42.6 Å². The Labute approximate surface area is 132 Å². The third-order valence-electron chi connectivity index (χ3n) is 3.41. The molecule has 0 fully saturated rings. The fourth-order valence-electron chi connectivity index (χ4n) is 2.42. The number of para-hydroxylation sites is 1. The van der Waals surface area contributed by atoms with Crippen molar-refractivity contribution in [1.82, 2.24) is 4.98 Å². The van der Waals surface area contributed by atoms with E-state index in [4.69, 9.17) is 11.6 Å². The lowest BCUT2D eigenvalue weighted by Gasteiger charge is -2.22. The molecule has 0 atom stereocenters. The molecule has 0 aliphatic carbocycles. The van der Waals surface area contributed by atoms with Crippen LogP contribution in [0.2, 0.25) is 0 Å². The van der Waals surface area contributed by atoms with Crippen LogP contribution < -0.4 is 10.2 Å². The smallest absolute Gasteiger partial charge is 0.257 e. The number of alkyl halides is 1. The van der Waals surface area contributed by atoms with Gasteiger partial charge in [-0.15, -0.1) is 11.6 Å². The summed E-state index contributed by atoms with van der Waals surface area (Å²) in [6.07, 6.45) is 2.46. The second-order valence-corrected chi connectivity index (χ2v) is 5.25. The summed E-state index contributed by atoms with van der Waals surface area (Å²) in [5.41, 5.74) is 1.50. The molecule has 0 bridgehead atoms. The van der Waals surface area contributed by atoms with E-state index in [2.05, 4.69) is 10.3 Å². The normalized spacial score (nSPS) is 13.0. The molecule has 0 saturated heterocycles. The molecule has 6 heteroatoms. The second-order valence-electron chi connectivity index (χ2n) is 4.87. The van der Waals surface area contributed by atoms with Gasteiger partial charge < -0.3 is 5.32 Å². The minimum Gasteiger partial charge on any atom is -0.319 e. The minimum absolute atomic E-state index is 0.135. The highest BCUT2D eigenvalue weighted by atomic mass is 35.5. The van der Waals surface area contributed by atoms with Crippen LogP contribution in [0.25, 0.3) is 0 Å². The number of amides is 2. The molecule has 0 saturated carbocycles. The average Bonchev–Trinajstić information content (AvgIpc) is 2.67. The lowest BCUT2D eigenvalue weighted by Crippen LogP contribution is -2.27. The van der Waals surface area contributed by atoms with Crippen molar-refractivity contribution < 1.29 is 9.59 Å². The van der Waals surface area contributed by atoms with Crippen molar-refractivity contribution in [3.8, 4) is 0 Å². The number of halogens is 1. The van der Waals surface area contributed by atoms with E-state index in [0.29, 0.717) is 41.5 Å². The molecule has 1 aromatic heterocycles. The van der Waals surface area contributed by atoms with Crippen LogP contribution in [0.1, 0.15) is 23.2 Å². The van der Waals surface area contributed by atoms with E-state index in [9.17, 15) is 9.59 Å². The van der Waals surface area contributed by atoms with Gasteiger partial charge in [0.05, 0.1) is 16.9 Å². The van der Waals surface area contributed by atoms with E-state index in [-0.39, 0.29) is 11.8 Å². The third kappa shape index (κ3) is 2.55. The lowest BCUT2D eigenvalue weighted by molar-refractivity contribution is -0.117. The number of carbonyl (C=O) groups is 2. The van der Waals surface area contributed by atoms with Crippen molar-refractivity contribution in [2.75, 3.05) is 16.1 Å². The first-order valence-electron chi connectivity index (χ1n) is 6.96. The Morgan fingerprint density at radius 1 is 1.23 bits per heavy atom. The predicted molar refractivity (Wildman–Crippen MR) is 85.7 cm³/mol. The van der Waals surface area contributed by atoms with Crippen LogP contribution in [0.3, 0.4) is 0 Å². The van der Waals surface area contributed by atoms with Crippen molar-refractivity contribution in [2.24, 2.45) is 0 Å². The highest BCUT2D eigenvalue weighted by Crippen LogP contribution is 2.36. The van der Waals surface area contributed by atoms with E-state index in [0.717, 1.165) is 0 Å². The first kappa shape index (κ1) is 14.5. The van der Waals surface area contributed by atoms with Gasteiger partial charge in [0.15, 0.2) is 5.82 Å². The Morgan fingerprint density at radius 3 is 2.86 bits per heavy atom. The van der Waals surface area contributed by atoms with Crippen LogP contribution in [-0.2, 0) is 4.79 Å². The van der Waals surface area contributed by atoms with Gasteiger partial charge in [0, 0.05) is 18.5 Å². The van der Waals surface area contributed by atoms with Gasteiger partial charge >= 0.3 is 0 Å². The molecule has 1 aliphatic rings. The van der Waals surface area contributed by atoms with Gasteiger partial charge in [-0.1, -0.05) is 12.1 Å². The molecular formula is C16H14ClN3O2. The molecule has 0 radical (unpaired) electrons. The van der Waals surface area contributed by atoms with Crippen LogP contribution in [0.15, 0.2) is 42.6 Å². The first-order chi connectivity index (χ1) is 10.7. The summed E-state index contributed by atoms with van der Waals surface area (Å²) in [5, 5.41) is 2.80. The SMILES string of the molecule is O=C1Nc2cccnc2N(C(=O)CCCCl)c2ccccc21. The largest absolute Gasteiger partial charge is 0.319 e. The second kappa shape index (κ2) is 6.15. The van der Waals surface area contributed by atoms with Crippen molar-refractivity contribution >= 4 is 40.6 Å². The van der Waals surface area contributed by atoms with Crippen LogP contribution in [0, 0.1) is 0 Å². The van der Waals surface area contributed by atoms with Gasteiger partial charge in [-0.05, 0) is 30.7 Å². The molecule has 5 nitrogen and oxygen atoms in total. The lowest BCUT2D eigenvalue weighted by atomic mass is 10.1. The average molecular weight is 316 g/mol. The zero-order valence-electron chi connectivity index (χ0n) is 11.8. The Kier molecular flexibility index (Phi) is 4.06. The summed E-state index contributed by atoms with van der Waals surface area (Å²) in [6.45, 7) is 0. The van der Waals surface area contributed by atoms with Gasteiger partial charge in [-0.2, -0.15) is 0 Å². The third-order valence-corrected chi connectivity index (χ3v) is 3.68. The Balaban J connectivity index is 2.15. The number of benzene rings is 1. The van der Waals surface area contributed by atoms with Gasteiger partial charge in [-0.3, -0.25) is 14.5 Å². The number of hydrogen-bond acceptors (Lipinski definition) is 3. The van der Waals surface area contributed by atoms with Gasteiger partial charge in [0.25, 0.3) is 5.91 Å². The molecule has 22 heavy (non-hydrogen) atoms. The standard InChI is InChI=1S/C16H14ClN3O2/c17-9-3-8-14(21)20-13-7-2-1-5-11(13)16(22)19-12-6-4-10-18-15(12)20/h1-2,4-7,10H,3,8-9H2,(H,19,22). The zero-order chi connectivity index (χ0) is 15.5. The highest BCUT2D eigenvalue weighted by Gasteiger charge is 2.29. The summed E-state index contributed by atoms with van der Waals surface area (Å²) >= 11 is 5.69. The topological polar surface area (TPSA) is 62.3 Å². The fourth-order valence-corrected chi connectivity index (χ4v) is 2.55. The number of aromatic nitrogens is 1. The summed E-state index contributed by atoms with van der Waals surface area (Å²) < 4.78 is 0. The van der Waals surface area contributed by atoms with E-state index >= 15 is 0 Å². The predicted octanol–water partition coefficient (Wildman–Crippen LogP) is 3.33. The molecular weight excluding hydrogens is 302 g/mol. The number of nitrogens with one attached hydrogen (secondary N) is 1. The van der Waals surface area contributed by atoms with E-state index < -0.39 is 0 Å².